The molecule has 1 aliphatic heterocycles. The second kappa shape index (κ2) is 6.78. The number of halogens is 2. The molecule has 2 nitrogen and oxygen atoms in total. The van der Waals surface area contributed by atoms with Crippen molar-refractivity contribution < 1.29 is 0 Å². The van der Waals surface area contributed by atoms with Crippen LogP contribution in [-0.4, -0.2) is 12.0 Å². The van der Waals surface area contributed by atoms with E-state index in [-0.39, 0.29) is 0 Å². The summed E-state index contributed by atoms with van der Waals surface area (Å²) in [7, 11) is 0. The molecule has 0 aliphatic carbocycles. The van der Waals surface area contributed by atoms with Crippen LogP contribution in [0.5, 0.6) is 0 Å². The molecule has 0 amide bonds. The maximum absolute atomic E-state index is 6.48. The minimum absolute atomic E-state index is 0.688. The molecular formula is C17H14Cl2N2S. The number of hydrogen-bond acceptors (Lipinski definition) is 3. The summed E-state index contributed by atoms with van der Waals surface area (Å²) in [4.78, 5) is 1.15. The molecule has 112 valence electrons. The summed E-state index contributed by atoms with van der Waals surface area (Å²) in [5, 5.41) is 5.69. The minimum Gasteiger partial charge on any atom is -0.279 e. The van der Waals surface area contributed by atoms with Crippen LogP contribution in [0, 0.1) is 6.92 Å². The molecule has 22 heavy (non-hydrogen) atoms. The number of nitrogens with one attached hydrogen (secondary N) is 1. The van der Waals surface area contributed by atoms with Gasteiger partial charge < -0.3 is 0 Å². The molecule has 0 saturated heterocycles. The molecule has 0 fully saturated rings. The summed E-state index contributed by atoms with van der Waals surface area (Å²) in [6.45, 7) is 2.05. The third kappa shape index (κ3) is 3.49. The first-order chi connectivity index (χ1) is 10.6. The molecule has 2 aromatic carbocycles. The zero-order valence-corrected chi connectivity index (χ0v) is 14.3. The van der Waals surface area contributed by atoms with Crippen LogP contribution in [0.4, 0.5) is 5.69 Å². The average Bonchev–Trinajstić information content (AvgIpc) is 2.50. The van der Waals surface area contributed by atoms with E-state index in [4.69, 9.17) is 23.2 Å². The molecule has 1 heterocycles. The van der Waals surface area contributed by atoms with E-state index in [1.807, 2.05) is 49.4 Å². The first-order valence-electron chi connectivity index (χ1n) is 6.80. The van der Waals surface area contributed by atoms with Gasteiger partial charge in [0.2, 0.25) is 0 Å². The molecule has 0 spiro atoms. The van der Waals surface area contributed by atoms with Crippen molar-refractivity contribution in [2.45, 2.75) is 11.8 Å². The number of nitrogens with zero attached hydrogens (tertiary/aromatic N) is 1. The van der Waals surface area contributed by atoms with E-state index >= 15 is 0 Å². The third-order valence-corrected chi connectivity index (χ3v) is 5.08. The lowest BCUT2D eigenvalue weighted by Gasteiger charge is -2.17. The maximum atomic E-state index is 6.48. The van der Waals surface area contributed by atoms with Crippen molar-refractivity contribution in [3.05, 3.63) is 64.2 Å². The van der Waals surface area contributed by atoms with Gasteiger partial charge >= 0.3 is 0 Å². The van der Waals surface area contributed by atoms with Gasteiger partial charge in [0.05, 0.1) is 16.9 Å². The Morgan fingerprint density at radius 3 is 2.86 bits per heavy atom. The van der Waals surface area contributed by atoms with Crippen molar-refractivity contribution in [3.63, 3.8) is 0 Å². The first-order valence-corrected chi connectivity index (χ1v) is 8.55. The third-order valence-electron chi connectivity index (χ3n) is 3.28. The van der Waals surface area contributed by atoms with Gasteiger partial charge in [-0.15, -0.1) is 11.8 Å². The Labute approximate surface area is 144 Å². The lowest BCUT2D eigenvalue weighted by atomic mass is 10.1. The number of hydrazone groups is 1. The molecule has 3 rings (SSSR count). The van der Waals surface area contributed by atoms with E-state index in [0.29, 0.717) is 10.1 Å². The standard InChI is InChI=1S/C17H14Cl2N2S/c1-11-3-2-4-14(7-11)21-20-9-12-10-22-16-6-5-13(18)8-15(16)17(12)19/h2-9,21H,10H2,1H3. The molecule has 0 aromatic heterocycles. The van der Waals surface area contributed by atoms with Gasteiger partial charge in [0.15, 0.2) is 0 Å². The lowest BCUT2D eigenvalue weighted by Crippen LogP contribution is -2.02. The Morgan fingerprint density at radius 1 is 1.18 bits per heavy atom. The highest BCUT2D eigenvalue weighted by Crippen LogP contribution is 2.39. The van der Waals surface area contributed by atoms with Crippen LogP contribution in [0.2, 0.25) is 5.02 Å². The summed E-state index contributed by atoms with van der Waals surface area (Å²) in [5.74, 6) is 0.798. The molecule has 0 unspecified atom stereocenters. The fraction of sp³-hybridized carbons (Fsp3) is 0.118. The van der Waals surface area contributed by atoms with Crippen molar-refractivity contribution in [1.82, 2.24) is 0 Å². The Hall–Kier alpha value is -1.42. The molecule has 5 heteroatoms. The highest BCUT2D eigenvalue weighted by Gasteiger charge is 2.17. The van der Waals surface area contributed by atoms with Crippen LogP contribution in [0.1, 0.15) is 11.1 Å². The fourth-order valence-electron chi connectivity index (χ4n) is 2.18. The number of fused-ring (bicyclic) bond motifs is 1. The summed E-state index contributed by atoms with van der Waals surface area (Å²) >= 11 is 14.3. The van der Waals surface area contributed by atoms with Crippen molar-refractivity contribution in [3.8, 4) is 0 Å². The van der Waals surface area contributed by atoms with E-state index in [0.717, 1.165) is 27.5 Å². The van der Waals surface area contributed by atoms with E-state index in [1.54, 1.807) is 18.0 Å². The summed E-state index contributed by atoms with van der Waals surface area (Å²) in [6, 6.07) is 13.8. The van der Waals surface area contributed by atoms with Gasteiger partial charge in [0.25, 0.3) is 0 Å². The Bertz CT molecular complexity index is 769. The van der Waals surface area contributed by atoms with Gasteiger partial charge in [-0.2, -0.15) is 5.10 Å². The predicted molar refractivity (Wildman–Crippen MR) is 98.2 cm³/mol. The van der Waals surface area contributed by atoms with Crippen LogP contribution in [-0.2, 0) is 0 Å². The van der Waals surface area contributed by atoms with E-state index < -0.39 is 0 Å². The predicted octanol–water partition coefficient (Wildman–Crippen LogP) is 5.80. The number of benzene rings is 2. The van der Waals surface area contributed by atoms with Crippen molar-refractivity contribution in [2.75, 3.05) is 11.2 Å². The highest BCUT2D eigenvalue weighted by atomic mass is 35.5. The van der Waals surface area contributed by atoms with Gasteiger partial charge in [0, 0.05) is 26.8 Å². The molecule has 0 radical (unpaired) electrons. The van der Waals surface area contributed by atoms with Crippen molar-refractivity contribution >= 4 is 51.9 Å². The minimum atomic E-state index is 0.688. The smallest absolute Gasteiger partial charge is 0.0564 e. The summed E-state index contributed by atoms with van der Waals surface area (Å²) in [6.07, 6.45) is 1.78. The highest BCUT2D eigenvalue weighted by molar-refractivity contribution is 7.99. The SMILES string of the molecule is Cc1cccc(NN=CC2=C(Cl)c3cc(Cl)ccc3SC2)c1. The largest absolute Gasteiger partial charge is 0.279 e. The Kier molecular flexibility index (Phi) is 4.77. The molecular weight excluding hydrogens is 335 g/mol. The van der Waals surface area contributed by atoms with Gasteiger partial charge in [0.1, 0.15) is 0 Å². The number of thioether (sulfide) groups is 1. The van der Waals surface area contributed by atoms with Gasteiger partial charge in [-0.3, -0.25) is 5.43 Å². The molecule has 0 atom stereocenters. The van der Waals surface area contributed by atoms with Crippen molar-refractivity contribution in [1.29, 1.82) is 0 Å². The van der Waals surface area contributed by atoms with E-state index in [9.17, 15) is 0 Å². The van der Waals surface area contributed by atoms with Crippen LogP contribution in [0.3, 0.4) is 0 Å². The fourth-order valence-corrected chi connectivity index (χ4v) is 3.77. The van der Waals surface area contributed by atoms with Gasteiger partial charge in [-0.1, -0.05) is 35.3 Å². The topological polar surface area (TPSA) is 24.4 Å². The molecule has 1 N–H and O–H groups in total. The average molecular weight is 349 g/mol. The summed E-state index contributed by atoms with van der Waals surface area (Å²) in [5.41, 5.74) is 7.14. The lowest BCUT2D eigenvalue weighted by molar-refractivity contribution is 1.32. The molecule has 1 aliphatic rings. The first kappa shape index (κ1) is 15.5. The second-order valence-corrected chi connectivity index (χ2v) is 6.84. The number of hydrogen-bond donors (Lipinski definition) is 1. The second-order valence-electron chi connectivity index (χ2n) is 5.01. The number of rotatable bonds is 3. The van der Waals surface area contributed by atoms with E-state index in [1.165, 1.54) is 5.56 Å². The quantitative estimate of drug-likeness (QED) is 0.559. The number of aryl methyl sites for hydroxylation is 1. The van der Waals surface area contributed by atoms with Crippen LogP contribution in [0.15, 0.2) is 58.0 Å². The van der Waals surface area contributed by atoms with Crippen LogP contribution in [0.25, 0.3) is 5.03 Å². The normalized spacial score (nSPS) is 14.3. The van der Waals surface area contributed by atoms with E-state index in [2.05, 4.69) is 10.5 Å². The molecule has 0 saturated carbocycles. The molecule has 2 aromatic rings. The monoisotopic (exact) mass is 348 g/mol. The van der Waals surface area contributed by atoms with Crippen LogP contribution >= 0.6 is 35.0 Å². The maximum Gasteiger partial charge on any atom is 0.0564 e. The Morgan fingerprint density at radius 2 is 2.05 bits per heavy atom. The van der Waals surface area contributed by atoms with Crippen molar-refractivity contribution in [2.24, 2.45) is 5.10 Å². The van der Waals surface area contributed by atoms with Crippen LogP contribution < -0.4 is 5.43 Å². The zero-order valence-electron chi connectivity index (χ0n) is 11.9. The van der Waals surface area contributed by atoms with Gasteiger partial charge in [-0.05, 0) is 42.8 Å². The Balaban J connectivity index is 1.80. The number of anilines is 1. The zero-order chi connectivity index (χ0) is 15.5. The molecule has 0 bridgehead atoms. The van der Waals surface area contributed by atoms with Gasteiger partial charge in [-0.25, -0.2) is 0 Å². The summed E-state index contributed by atoms with van der Waals surface area (Å²) < 4.78 is 0.